The zero-order chi connectivity index (χ0) is 15.1. The highest BCUT2D eigenvalue weighted by Crippen LogP contribution is 2.22. The van der Waals surface area contributed by atoms with Crippen molar-refractivity contribution in [3.8, 4) is 0 Å². The van der Waals surface area contributed by atoms with Gasteiger partial charge in [-0.3, -0.25) is 9.69 Å². The molecule has 0 aromatic heterocycles. The van der Waals surface area contributed by atoms with Gasteiger partial charge in [-0.05, 0) is 44.0 Å². The number of halogens is 1. The van der Waals surface area contributed by atoms with E-state index in [2.05, 4.69) is 23.2 Å². The second-order valence-corrected chi connectivity index (χ2v) is 6.19. The number of nitrogens with one attached hydrogen (secondary N) is 1. The van der Waals surface area contributed by atoms with E-state index in [-0.39, 0.29) is 11.8 Å². The summed E-state index contributed by atoms with van der Waals surface area (Å²) in [6.07, 6.45) is 4.08. The van der Waals surface area contributed by atoms with Gasteiger partial charge in [-0.2, -0.15) is 0 Å². The first kappa shape index (κ1) is 16.3. The summed E-state index contributed by atoms with van der Waals surface area (Å²) >= 11 is 6.20. The Morgan fingerprint density at radius 2 is 2.05 bits per heavy atom. The van der Waals surface area contributed by atoms with E-state index in [0.717, 1.165) is 56.9 Å². The van der Waals surface area contributed by atoms with Crippen LogP contribution in [0.1, 0.15) is 38.2 Å². The van der Waals surface area contributed by atoms with Crippen molar-refractivity contribution in [2.24, 2.45) is 5.92 Å². The Bertz CT molecular complexity index is 456. The molecule has 1 N–H and O–H groups in total. The van der Waals surface area contributed by atoms with E-state index >= 15 is 0 Å². The fraction of sp³-hybridized carbons (Fsp3) is 0.588. The number of benzene rings is 1. The summed E-state index contributed by atoms with van der Waals surface area (Å²) in [5.41, 5.74) is 1.17. The van der Waals surface area contributed by atoms with Crippen molar-refractivity contribution in [2.75, 3.05) is 19.6 Å². The Labute approximate surface area is 132 Å². The molecule has 1 aromatic rings. The van der Waals surface area contributed by atoms with Crippen LogP contribution in [0.5, 0.6) is 0 Å². The number of carbonyl (C=O) groups is 1. The lowest BCUT2D eigenvalue weighted by Gasteiger charge is -2.31. The van der Waals surface area contributed by atoms with Gasteiger partial charge in [-0.15, -0.1) is 0 Å². The number of unbranched alkanes of at least 4 members (excludes halogenated alkanes) is 1. The van der Waals surface area contributed by atoms with Gasteiger partial charge in [0.15, 0.2) is 0 Å². The molecule has 116 valence electrons. The number of hydrogen-bond donors (Lipinski definition) is 1. The van der Waals surface area contributed by atoms with Crippen molar-refractivity contribution in [3.63, 3.8) is 0 Å². The van der Waals surface area contributed by atoms with E-state index in [9.17, 15) is 4.79 Å². The topological polar surface area (TPSA) is 32.3 Å². The fourth-order valence-corrected chi connectivity index (χ4v) is 2.95. The van der Waals surface area contributed by atoms with Gasteiger partial charge in [0.2, 0.25) is 5.91 Å². The molecule has 2 rings (SSSR count). The first-order valence-corrected chi connectivity index (χ1v) is 8.32. The molecule has 0 bridgehead atoms. The third kappa shape index (κ3) is 5.01. The lowest BCUT2D eigenvalue weighted by Crippen LogP contribution is -2.40. The summed E-state index contributed by atoms with van der Waals surface area (Å²) in [5.74, 6) is 0.421. The van der Waals surface area contributed by atoms with Crippen molar-refractivity contribution in [1.29, 1.82) is 0 Å². The Morgan fingerprint density at radius 1 is 1.33 bits per heavy atom. The number of carbonyl (C=O) groups excluding carboxylic acids is 1. The average Bonchev–Trinajstić information content (AvgIpc) is 2.50. The molecule has 1 aliphatic heterocycles. The number of rotatable bonds is 6. The van der Waals surface area contributed by atoms with E-state index in [1.165, 1.54) is 5.56 Å². The molecule has 1 heterocycles. The standard InChI is InChI=1S/C17H25ClN2O/c1-2-3-10-19-17(21)14-8-11-20(12-9-14)13-15-6-4-5-7-16(15)18/h4-7,14H,2-3,8-13H2,1H3,(H,19,21). The molecule has 0 radical (unpaired) electrons. The molecule has 1 aromatic carbocycles. The van der Waals surface area contributed by atoms with E-state index in [1.54, 1.807) is 0 Å². The van der Waals surface area contributed by atoms with Crippen molar-refractivity contribution in [2.45, 2.75) is 39.2 Å². The van der Waals surface area contributed by atoms with Crippen LogP contribution in [0.4, 0.5) is 0 Å². The highest BCUT2D eigenvalue weighted by molar-refractivity contribution is 6.31. The maximum Gasteiger partial charge on any atom is 0.223 e. The van der Waals surface area contributed by atoms with Gasteiger partial charge in [0.05, 0.1) is 0 Å². The molecule has 1 saturated heterocycles. The molecule has 0 atom stereocenters. The molecule has 0 saturated carbocycles. The van der Waals surface area contributed by atoms with Crippen LogP contribution in [0, 0.1) is 5.92 Å². The third-order valence-electron chi connectivity index (χ3n) is 4.14. The van der Waals surface area contributed by atoms with E-state index < -0.39 is 0 Å². The van der Waals surface area contributed by atoms with E-state index in [0.29, 0.717) is 0 Å². The molecular formula is C17H25ClN2O. The van der Waals surface area contributed by atoms with Gasteiger partial charge in [-0.1, -0.05) is 43.1 Å². The number of hydrogen-bond acceptors (Lipinski definition) is 2. The summed E-state index contributed by atoms with van der Waals surface area (Å²) in [6, 6.07) is 7.99. The van der Waals surface area contributed by atoms with Crippen LogP contribution < -0.4 is 5.32 Å². The van der Waals surface area contributed by atoms with Gasteiger partial charge in [-0.25, -0.2) is 0 Å². The molecule has 1 amide bonds. The van der Waals surface area contributed by atoms with Crippen molar-refractivity contribution in [1.82, 2.24) is 10.2 Å². The van der Waals surface area contributed by atoms with E-state index in [1.807, 2.05) is 18.2 Å². The Balaban J connectivity index is 1.75. The van der Waals surface area contributed by atoms with Crippen LogP contribution in [0.3, 0.4) is 0 Å². The molecule has 0 unspecified atom stereocenters. The maximum absolute atomic E-state index is 12.0. The molecule has 0 aliphatic carbocycles. The van der Waals surface area contributed by atoms with Crippen LogP contribution in [0.2, 0.25) is 5.02 Å². The summed E-state index contributed by atoms with van der Waals surface area (Å²) in [6.45, 7) is 5.77. The highest BCUT2D eigenvalue weighted by atomic mass is 35.5. The maximum atomic E-state index is 12.0. The predicted octanol–water partition coefficient (Wildman–Crippen LogP) is 3.47. The van der Waals surface area contributed by atoms with Gasteiger partial charge >= 0.3 is 0 Å². The zero-order valence-corrected chi connectivity index (χ0v) is 13.5. The molecule has 0 spiro atoms. The number of nitrogens with zero attached hydrogens (tertiary/aromatic N) is 1. The fourth-order valence-electron chi connectivity index (χ4n) is 2.75. The average molecular weight is 309 g/mol. The Kier molecular flexibility index (Phi) is 6.52. The Hall–Kier alpha value is -1.06. The van der Waals surface area contributed by atoms with Gasteiger partial charge in [0.1, 0.15) is 0 Å². The minimum atomic E-state index is 0.185. The highest BCUT2D eigenvalue weighted by Gasteiger charge is 2.24. The number of amides is 1. The second kappa shape index (κ2) is 8.40. The monoisotopic (exact) mass is 308 g/mol. The van der Waals surface area contributed by atoms with Crippen LogP contribution in [0.15, 0.2) is 24.3 Å². The van der Waals surface area contributed by atoms with Gasteiger partial charge in [0.25, 0.3) is 0 Å². The van der Waals surface area contributed by atoms with Crippen LogP contribution in [0.25, 0.3) is 0 Å². The minimum absolute atomic E-state index is 0.185. The quantitative estimate of drug-likeness (QED) is 0.816. The normalized spacial score (nSPS) is 16.9. The lowest BCUT2D eigenvalue weighted by atomic mass is 9.95. The van der Waals surface area contributed by atoms with Crippen LogP contribution >= 0.6 is 11.6 Å². The first-order valence-electron chi connectivity index (χ1n) is 7.94. The summed E-state index contributed by atoms with van der Waals surface area (Å²) < 4.78 is 0. The smallest absolute Gasteiger partial charge is 0.223 e. The van der Waals surface area contributed by atoms with Crippen molar-refractivity contribution in [3.05, 3.63) is 34.9 Å². The molecule has 4 heteroatoms. The van der Waals surface area contributed by atoms with Crippen molar-refractivity contribution >= 4 is 17.5 Å². The van der Waals surface area contributed by atoms with Gasteiger partial charge < -0.3 is 5.32 Å². The minimum Gasteiger partial charge on any atom is -0.356 e. The van der Waals surface area contributed by atoms with Crippen LogP contribution in [-0.4, -0.2) is 30.4 Å². The second-order valence-electron chi connectivity index (χ2n) is 5.79. The number of likely N-dealkylation sites (tertiary alicyclic amines) is 1. The van der Waals surface area contributed by atoms with Gasteiger partial charge in [0, 0.05) is 24.0 Å². The van der Waals surface area contributed by atoms with Crippen molar-refractivity contribution < 1.29 is 4.79 Å². The van der Waals surface area contributed by atoms with Crippen LogP contribution in [-0.2, 0) is 11.3 Å². The van der Waals surface area contributed by atoms with E-state index in [4.69, 9.17) is 11.6 Å². The molecular weight excluding hydrogens is 284 g/mol. The third-order valence-corrected chi connectivity index (χ3v) is 4.51. The summed E-state index contributed by atoms with van der Waals surface area (Å²) in [7, 11) is 0. The molecule has 1 fully saturated rings. The predicted molar refractivity (Wildman–Crippen MR) is 87.4 cm³/mol. The lowest BCUT2D eigenvalue weighted by molar-refractivity contribution is -0.126. The zero-order valence-electron chi connectivity index (χ0n) is 12.8. The number of piperidine rings is 1. The first-order chi connectivity index (χ1) is 10.2. The molecule has 3 nitrogen and oxygen atoms in total. The molecule has 21 heavy (non-hydrogen) atoms. The molecule has 1 aliphatic rings. The Morgan fingerprint density at radius 3 is 2.71 bits per heavy atom. The summed E-state index contributed by atoms with van der Waals surface area (Å²) in [5, 5.41) is 3.88. The largest absolute Gasteiger partial charge is 0.356 e. The summed E-state index contributed by atoms with van der Waals surface area (Å²) in [4.78, 5) is 14.4. The SMILES string of the molecule is CCCCNC(=O)C1CCN(Cc2ccccc2Cl)CC1.